The van der Waals surface area contributed by atoms with Crippen LogP contribution in [0, 0.1) is 12.8 Å². The summed E-state index contributed by atoms with van der Waals surface area (Å²) in [5.74, 6) is 0.858. The maximum atomic E-state index is 12.9. The summed E-state index contributed by atoms with van der Waals surface area (Å²) in [7, 11) is 0. The van der Waals surface area contributed by atoms with Gasteiger partial charge in [0.15, 0.2) is 0 Å². The van der Waals surface area contributed by atoms with E-state index in [1.54, 1.807) is 0 Å². The molecule has 2 aliphatic heterocycles. The molecule has 4 rings (SSSR count). The largest absolute Gasteiger partial charge is 0.379 e. The standard InChI is InChI=1S/C21H29N3O2/c1-16-4-2-6-19-21(16)18(13-22-19)12-20(25)24-7-3-5-17(15-24)14-23-8-10-26-11-9-23/h2,4,6,13,17,22H,3,5,7-12,14-15H2,1H3/t17-/m0/s1. The molecule has 0 aliphatic carbocycles. The summed E-state index contributed by atoms with van der Waals surface area (Å²) in [6.45, 7) is 8.75. The molecule has 1 amide bonds. The maximum absolute atomic E-state index is 12.9. The number of likely N-dealkylation sites (tertiary alicyclic amines) is 1. The Balaban J connectivity index is 1.39. The lowest BCUT2D eigenvalue weighted by Gasteiger charge is -2.36. The first kappa shape index (κ1) is 17.6. The number of H-pyrrole nitrogens is 1. The first-order valence-electron chi connectivity index (χ1n) is 9.84. The molecule has 26 heavy (non-hydrogen) atoms. The van der Waals surface area contributed by atoms with Crippen LogP contribution in [0.3, 0.4) is 0 Å². The molecule has 1 atom stereocenters. The van der Waals surface area contributed by atoms with E-state index in [1.165, 1.54) is 17.4 Å². The first-order valence-corrected chi connectivity index (χ1v) is 9.84. The van der Waals surface area contributed by atoms with Gasteiger partial charge in [0.05, 0.1) is 19.6 Å². The van der Waals surface area contributed by atoms with Crippen molar-refractivity contribution in [1.29, 1.82) is 0 Å². The van der Waals surface area contributed by atoms with Crippen molar-refractivity contribution in [3.63, 3.8) is 0 Å². The lowest BCUT2D eigenvalue weighted by molar-refractivity contribution is -0.132. The van der Waals surface area contributed by atoms with E-state index in [2.05, 4.69) is 39.9 Å². The number of morpholine rings is 1. The van der Waals surface area contributed by atoms with Gasteiger partial charge in [0.25, 0.3) is 0 Å². The van der Waals surface area contributed by atoms with E-state index in [0.29, 0.717) is 12.3 Å². The van der Waals surface area contributed by atoms with Gasteiger partial charge in [-0.15, -0.1) is 0 Å². The second-order valence-electron chi connectivity index (χ2n) is 7.75. The van der Waals surface area contributed by atoms with E-state index in [4.69, 9.17) is 4.74 Å². The zero-order chi connectivity index (χ0) is 17.9. The Hall–Kier alpha value is -1.85. The SMILES string of the molecule is Cc1cccc2[nH]cc(CC(=O)N3CCC[C@@H](CN4CCOCC4)C3)c12. The van der Waals surface area contributed by atoms with Gasteiger partial charge >= 0.3 is 0 Å². The number of piperidine rings is 1. The van der Waals surface area contributed by atoms with Gasteiger partial charge in [0, 0.05) is 49.8 Å². The number of benzene rings is 1. The van der Waals surface area contributed by atoms with Gasteiger partial charge in [-0.3, -0.25) is 9.69 Å². The number of hydrogen-bond donors (Lipinski definition) is 1. The molecule has 5 nitrogen and oxygen atoms in total. The van der Waals surface area contributed by atoms with Crippen molar-refractivity contribution >= 4 is 16.8 Å². The molecular formula is C21H29N3O2. The molecule has 1 N–H and O–H groups in total. The maximum Gasteiger partial charge on any atom is 0.227 e. The Morgan fingerprint density at radius 1 is 1.27 bits per heavy atom. The van der Waals surface area contributed by atoms with E-state index in [1.807, 2.05) is 6.20 Å². The molecule has 2 aromatic rings. The Morgan fingerprint density at radius 2 is 2.12 bits per heavy atom. The molecule has 5 heteroatoms. The molecule has 2 aliphatic rings. The van der Waals surface area contributed by atoms with Crippen LogP contribution < -0.4 is 0 Å². The fourth-order valence-corrected chi connectivity index (χ4v) is 4.45. The number of fused-ring (bicyclic) bond motifs is 1. The lowest BCUT2D eigenvalue weighted by atomic mass is 9.96. The third-order valence-corrected chi connectivity index (χ3v) is 5.83. The first-order chi connectivity index (χ1) is 12.7. The van der Waals surface area contributed by atoms with E-state index in [-0.39, 0.29) is 5.91 Å². The van der Waals surface area contributed by atoms with Gasteiger partial charge in [-0.05, 0) is 42.9 Å². The van der Waals surface area contributed by atoms with Crippen LogP contribution in [0.4, 0.5) is 0 Å². The summed E-state index contributed by atoms with van der Waals surface area (Å²) >= 11 is 0. The number of nitrogens with one attached hydrogen (secondary N) is 1. The molecule has 2 saturated heterocycles. The molecule has 1 aromatic carbocycles. The van der Waals surface area contributed by atoms with Gasteiger partial charge in [0.2, 0.25) is 5.91 Å². The number of rotatable bonds is 4. The molecule has 0 saturated carbocycles. The molecule has 0 spiro atoms. The van der Waals surface area contributed by atoms with Crippen molar-refractivity contribution in [1.82, 2.24) is 14.8 Å². The van der Waals surface area contributed by atoms with Crippen molar-refractivity contribution in [3.8, 4) is 0 Å². The Bertz CT molecular complexity index is 764. The third kappa shape index (κ3) is 3.79. The second kappa shape index (κ2) is 7.80. The topological polar surface area (TPSA) is 48.6 Å². The third-order valence-electron chi connectivity index (χ3n) is 5.83. The van der Waals surface area contributed by atoms with Gasteiger partial charge in [-0.2, -0.15) is 0 Å². The van der Waals surface area contributed by atoms with Crippen LogP contribution in [-0.2, 0) is 16.0 Å². The molecule has 2 fully saturated rings. The smallest absolute Gasteiger partial charge is 0.227 e. The van der Waals surface area contributed by atoms with Gasteiger partial charge in [-0.1, -0.05) is 12.1 Å². The highest BCUT2D eigenvalue weighted by molar-refractivity contribution is 5.91. The number of hydrogen-bond acceptors (Lipinski definition) is 3. The van der Waals surface area contributed by atoms with Gasteiger partial charge in [0.1, 0.15) is 0 Å². The van der Waals surface area contributed by atoms with E-state index in [9.17, 15) is 4.79 Å². The number of nitrogens with zero attached hydrogens (tertiary/aromatic N) is 2. The van der Waals surface area contributed by atoms with E-state index < -0.39 is 0 Å². The van der Waals surface area contributed by atoms with E-state index >= 15 is 0 Å². The van der Waals surface area contributed by atoms with Crippen molar-refractivity contribution in [2.75, 3.05) is 45.9 Å². The number of aromatic nitrogens is 1. The highest BCUT2D eigenvalue weighted by Crippen LogP contribution is 2.24. The molecular weight excluding hydrogens is 326 g/mol. The summed E-state index contributed by atoms with van der Waals surface area (Å²) in [6, 6.07) is 6.25. The van der Waals surface area contributed by atoms with Crippen molar-refractivity contribution in [2.24, 2.45) is 5.92 Å². The minimum Gasteiger partial charge on any atom is -0.379 e. The Labute approximate surface area is 155 Å². The van der Waals surface area contributed by atoms with Crippen LogP contribution in [0.1, 0.15) is 24.0 Å². The fourth-order valence-electron chi connectivity index (χ4n) is 4.45. The highest BCUT2D eigenvalue weighted by Gasteiger charge is 2.26. The highest BCUT2D eigenvalue weighted by atomic mass is 16.5. The average molecular weight is 355 g/mol. The average Bonchev–Trinajstić information content (AvgIpc) is 3.07. The van der Waals surface area contributed by atoms with Crippen molar-refractivity contribution < 1.29 is 9.53 Å². The van der Waals surface area contributed by atoms with Crippen LogP contribution in [0.15, 0.2) is 24.4 Å². The normalized spacial score (nSPS) is 22.0. The summed E-state index contributed by atoms with van der Waals surface area (Å²) in [5, 5.41) is 1.21. The van der Waals surface area contributed by atoms with E-state index in [0.717, 1.165) is 63.4 Å². The summed E-state index contributed by atoms with van der Waals surface area (Å²) in [6.07, 6.45) is 4.85. The minimum absolute atomic E-state index is 0.265. The fraction of sp³-hybridized carbons (Fsp3) is 0.571. The Morgan fingerprint density at radius 3 is 2.96 bits per heavy atom. The molecule has 1 aromatic heterocycles. The van der Waals surface area contributed by atoms with Crippen LogP contribution in [-0.4, -0.2) is 66.6 Å². The second-order valence-corrected chi connectivity index (χ2v) is 7.75. The van der Waals surface area contributed by atoms with Crippen LogP contribution in [0.2, 0.25) is 0 Å². The zero-order valence-electron chi connectivity index (χ0n) is 15.7. The minimum atomic E-state index is 0.265. The molecule has 0 unspecified atom stereocenters. The molecule has 0 bridgehead atoms. The monoisotopic (exact) mass is 355 g/mol. The number of ether oxygens (including phenoxy) is 1. The number of amides is 1. The van der Waals surface area contributed by atoms with Crippen LogP contribution in [0.25, 0.3) is 10.9 Å². The van der Waals surface area contributed by atoms with Crippen molar-refractivity contribution in [3.05, 3.63) is 35.5 Å². The summed E-state index contributed by atoms with van der Waals surface area (Å²) in [5.41, 5.74) is 3.48. The number of aromatic amines is 1. The van der Waals surface area contributed by atoms with Crippen LogP contribution in [0.5, 0.6) is 0 Å². The molecule has 0 radical (unpaired) electrons. The number of carbonyl (C=O) groups is 1. The zero-order valence-corrected chi connectivity index (χ0v) is 15.7. The summed E-state index contributed by atoms with van der Waals surface area (Å²) < 4.78 is 5.44. The quantitative estimate of drug-likeness (QED) is 0.917. The predicted octanol–water partition coefficient (Wildman–Crippen LogP) is 2.59. The van der Waals surface area contributed by atoms with Crippen molar-refractivity contribution in [2.45, 2.75) is 26.2 Å². The summed E-state index contributed by atoms with van der Waals surface area (Å²) in [4.78, 5) is 20.8. The molecule has 3 heterocycles. The van der Waals surface area contributed by atoms with Crippen LogP contribution >= 0.6 is 0 Å². The van der Waals surface area contributed by atoms with Gasteiger partial charge < -0.3 is 14.6 Å². The van der Waals surface area contributed by atoms with Gasteiger partial charge in [-0.25, -0.2) is 0 Å². The Kier molecular flexibility index (Phi) is 5.27. The molecule has 140 valence electrons. The number of carbonyl (C=O) groups excluding carboxylic acids is 1. The number of aryl methyl sites for hydroxylation is 1. The predicted molar refractivity (Wildman–Crippen MR) is 103 cm³/mol. The lowest BCUT2D eigenvalue weighted by Crippen LogP contribution is -2.46.